The van der Waals surface area contributed by atoms with Crippen LogP contribution in [-0.4, -0.2) is 25.9 Å². The largest absolute Gasteiger partial charge is 0.497 e. The highest BCUT2D eigenvalue weighted by Crippen LogP contribution is 2.23. The molecule has 0 aromatic heterocycles. The van der Waals surface area contributed by atoms with E-state index in [0.29, 0.717) is 11.5 Å². The lowest BCUT2D eigenvalue weighted by atomic mass is 10.1. The predicted octanol–water partition coefficient (Wildman–Crippen LogP) is 1.87. The molecule has 0 amide bonds. The monoisotopic (exact) mass is 206 g/mol. The van der Waals surface area contributed by atoms with Crippen molar-refractivity contribution in [3.63, 3.8) is 0 Å². The number of ether oxygens (including phenoxy) is 2. The van der Waals surface area contributed by atoms with Gasteiger partial charge in [0.05, 0.1) is 25.9 Å². The second-order valence-electron chi connectivity index (χ2n) is 2.59. The first-order valence-electron chi connectivity index (χ1n) is 3.86. The quantitative estimate of drug-likeness (QED) is 0.552. The molecule has 0 aromatic rings. The standard InChI is InChI=1S/C9H15ClO3/c1-6(5-11)8(12-3)9(13-4)7(2)10/h6,11H,2,5H2,1,3-4H3/b9-8-. The fourth-order valence-electron chi connectivity index (χ4n) is 0.946. The van der Waals surface area contributed by atoms with Crippen molar-refractivity contribution < 1.29 is 14.6 Å². The number of aliphatic hydroxyl groups is 1. The normalized spacial score (nSPS) is 14.5. The lowest BCUT2D eigenvalue weighted by Crippen LogP contribution is -2.10. The molecule has 0 heterocycles. The third-order valence-corrected chi connectivity index (χ3v) is 1.79. The van der Waals surface area contributed by atoms with E-state index in [1.54, 1.807) is 6.92 Å². The molecule has 3 nitrogen and oxygen atoms in total. The van der Waals surface area contributed by atoms with Gasteiger partial charge >= 0.3 is 0 Å². The SMILES string of the molecule is C=C(Cl)/C(OC)=C(/OC)C(C)CO. The van der Waals surface area contributed by atoms with Gasteiger partial charge < -0.3 is 14.6 Å². The molecule has 0 aliphatic rings. The van der Waals surface area contributed by atoms with Gasteiger partial charge in [-0.05, 0) is 0 Å². The molecule has 1 atom stereocenters. The molecule has 0 aliphatic heterocycles. The summed E-state index contributed by atoms with van der Waals surface area (Å²) in [5.41, 5.74) is 0. The van der Waals surface area contributed by atoms with E-state index in [2.05, 4.69) is 6.58 Å². The summed E-state index contributed by atoms with van der Waals surface area (Å²) in [5.74, 6) is 0.728. The molecule has 0 aliphatic carbocycles. The first kappa shape index (κ1) is 12.3. The van der Waals surface area contributed by atoms with E-state index < -0.39 is 0 Å². The van der Waals surface area contributed by atoms with Crippen LogP contribution >= 0.6 is 11.6 Å². The highest BCUT2D eigenvalue weighted by molar-refractivity contribution is 6.31. The van der Waals surface area contributed by atoms with Crippen molar-refractivity contribution in [2.75, 3.05) is 20.8 Å². The molecular formula is C9H15ClO3. The van der Waals surface area contributed by atoms with Crippen LogP contribution in [0.5, 0.6) is 0 Å². The summed E-state index contributed by atoms with van der Waals surface area (Å²) in [4.78, 5) is 0. The molecule has 0 saturated heterocycles. The van der Waals surface area contributed by atoms with Crippen LogP contribution in [-0.2, 0) is 9.47 Å². The second kappa shape index (κ2) is 5.89. The number of hydrogen-bond acceptors (Lipinski definition) is 3. The number of hydrogen-bond donors (Lipinski definition) is 1. The highest BCUT2D eigenvalue weighted by Gasteiger charge is 2.16. The zero-order chi connectivity index (χ0) is 10.4. The Kier molecular flexibility index (Phi) is 5.58. The molecule has 76 valence electrons. The summed E-state index contributed by atoms with van der Waals surface area (Å²) in [7, 11) is 2.98. The predicted molar refractivity (Wildman–Crippen MR) is 52.3 cm³/mol. The molecule has 0 spiro atoms. The van der Waals surface area contributed by atoms with E-state index in [-0.39, 0.29) is 17.6 Å². The average Bonchev–Trinajstić information content (AvgIpc) is 2.12. The fraction of sp³-hybridized carbons (Fsp3) is 0.556. The Morgan fingerprint density at radius 3 is 2.23 bits per heavy atom. The number of methoxy groups -OCH3 is 2. The molecule has 1 N–H and O–H groups in total. The summed E-state index contributed by atoms with van der Waals surface area (Å²) in [5, 5.41) is 9.18. The molecule has 0 aromatic carbocycles. The van der Waals surface area contributed by atoms with Crippen LogP contribution in [0.1, 0.15) is 6.92 Å². The van der Waals surface area contributed by atoms with Crippen molar-refractivity contribution in [2.24, 2.45) is 5.92 Å². The third kappa shape index (κ3) is 3.28. The summed E-state index contributed by atoms with van der Waals surface area (Å²) in [6.45, 7) is 5.31. The molecule has 1 unspecified atom stereocenters. The molecule has 0 bridgehead atoms. The first-order chi connectivity index (χ1) is 6.08. The van der Waals surface area contributed by atoms with Crippen LogP contribution in [0.2, 0.25) is 0 Å². The third-order valence-electron chi connectivity index (χ3n) is 1.62. The summed E-state index contributed by atoms with van der Waals surface area (Å²) < 4.78 is 10.1. The van der Waals surface area contributed by atoms with Gasteiger partial charge in [-0.15, -0.1) is 0 Å². The summed E-state index contributed by atoms with van der Waals surface area (Å²) >= 11 is 5.68. The van der Waals surface area contributed by atoms with Gasteiger partial charge in [0.1, 0.15) is 5.76 Å². The lowest BCUT2D eigenvalue weighted by Gasteiger charge is -2.16. The highest BCUT2D eigenvalue weighted by atomic mass is 35.5. The van der Waals surface area contributed by atoms with Crippen molar-refractivity contribution in [3.05, 3.63) is 23.1 Å². The van der Waals surface area contributed by atoms with Crippen molar-refractivity contribution in [1.82, 2.24) is 0 Å². The molecule has 4 heteroatoms. The van der Waals surface area contributed by atoms with Gasteiger partial charge in [-0.25, -0.2) is 0 Å². The van der Waals surface area contributed by atoms with E-state index >= 15 is 0 Å². The number of allylic oxidation sites excluding steroid dienone is 1. The van der Waals surface area contributed by atoms with Crippen molar-refractivity contribution in [2.45, 2.75) is 6.92 Å². The van der Waals surface area contributed by atoms with E-state index in [9.17, 15) is 0 Å². The molecular weight excluding hydrogens is 192 g/mol. The Labute approximate surface area is 83.6 Å². The number of halogens is 1. The maximum absolute atomic E-state index is 8.92. The van der Waals surface area contributed by atoms with Crippen LogP contribution in [0, 0.1) is 5.92 Å². The number of aliphatic hydroxyl groups excluding tert-OH is 1. The van der Waals surface area contributed by atoms with Gasteiger partial charge in [0.2, 0.25) is 0 Å². The maximum Gasteiger partial charge on any atom is 0.174 e. The first-order valence-corrected chi connectivity index (χ1v) is 4.24. The minimum atomic E-state index is -0.157. The summed E-state index contributed by atoms with van der Waals surface area (Å²) in [6, 6.07) is 0. The minimum Gasteiger partial charge on any atom is -0.497 e. The molecule has 0 radical (unpaired) electrons. The van der Waals surface area contributed by atoms with Crippen molar-refractivity contribution in [3.8, 4) is 0 Å². The van der Waals surface area contributed by atoms with Crippen LogP contribution in [0.3, 0.4) is 0 Å². The molecule has 0 rings (SSSR count). The molecule has 0 fully saturated rings. The van der Waals surface area contributed by atoms with E-state index in [1.165, 1.54) is 14.2 Å². The Hall–Kier alpha value is -0.670. The number of rotatable bonds is 5. The molecule has 0 saturated carbocycles. The fourth-order valence-corrected chi connectivity index (χ4v) is 1.12. The Morgan fingerprint density at radius 1 is 1.46 bits per heavy atom. The maximum atomic E-state index is 8.92. The van der Waals surface area contributed by atoms with Crippen LogP contribution < -0.4 is 0 Å². The van der Waals surface area contributed by atoms with Crippen LogP contribution in [0.25, 0.3) is 0 Å². The average molecular weight is 207 g/mol. The summed E-state index contributed by atoms with van der Waals surface area (Å²) in [6.07, 6.45) is 0. The Morgan fingerprint density at radius 2 is 2.00 bits per heavy atom. The second-order valence-corrected chi connectivity index (χ2v) is 3.05. The van der Waals surface area contributed by atoms with Crippen LogP contribution in [0.15, 0.2) is 23.1 Å². The topological polar surface area (TPSA) is 38.7 Å². The van der Waals surface area contributed by atoms with E-state index in [0.717, 1.165) is 0 Å². The van der Waals surface area contributed by atoms with Gasteiger partial charge in [-0.1, -0.05) is 25.1 Å². The molecule has 13 heavy (non-hydrogen) atoms. The lowest BCUT2D eigenvalue weighted by molar-refractivity contribution is 0.160. The van der Waals surface area contributed by atoms with Crippen LogP contribution in [0.4, 0.5) is 0 Å². The Balaban J connectivity index is 4.93. The van der Waals surface area contributed by atoms with E-state index in [4.69, 9.17) is 26.2 Å². The van der Waals surface area contributed by atoms with Crippen molar-refractivity contribution >= 4 is 11.6 Å². The van der Waals surface area contributed by atoms with Gasteiger partial charge in [0.15, 0.2) is 5.76 Å². The Bertz CT molecular complexity index is 211. The van der Waals surface area contributed by atoms with Gasteiger partial charge in [-0.3, -0.25) is 0 Å². The van der Waals surface area contributed by atoms with Gasteiger partial charge in [0.25, 0.3) is 0 Å². The van der Waals surface area contributed by atoms with Gasteiger partial charge in [0, 0.05) is 5.92 Å². The smallest absolute Gasteiger partial charge is 0.174 e. The zero-order valence-electron chi connectivity index (χ0n) is 8.13. The van der Waals surface area contributed by atoms with Gasteiger partial charge in [-0.2, -0.15) is 0 Å². The van der Waals surface area contributed by atoms with Crippen molar-refractivity contribution in [1.29, 1.82) is 0 Å². The van der Waals surface area contributed by atoms with E-state index in [1.807, 2.05) is 0 Å². The minimum absolute atomic E-state index is 0.0276. The zero-order valence-corrected chi connectivity index (χ0v) is 8.89.